The lowest BCUT2D eigenvalue weighted by Crippen LogP contribution is -2.54. The minimum atomic E-state index is -0.536. The average molecular weight is 372 g/mol. The third kappa shape index (κ3) is 3.52. The van der Waals surface area contributed by atoms with E-state index in [2.05, 4.69) is 10.2 Å². The molecule has 1 aromatic heterocycles. The van der Waals surface area contributed by atoms with Gasteiger partial charge in [-0.3, -0.25) is 19.0 Å². The Bertz CT molecular complexity index is 784. The molecule has 4 rings (SSSR count). The van der Waals surface area contributed by atoms with Crippen molar-refractivity contribution in [3.05, 3.63) is 34.2 Å². The van der Waals surface area contributed by atoms with Crippen LogP contribution in [-0.4, -0.2) is 65.4 Å². The monoisotopic (exact) mass is 372 g/mol. The lowest BCUT2D eigenvalue weighted by molar-refractivity contribution is -0.135. The van der Waals surface area contributed by atoms with Crippen molar-refractivity contribution in [2.45, 2.75) is 38.1 Å². The average Bonchev–Trinajstić information content (AvgIpc) is 3.16. The van der Waals surface area contributed by atoms with Crippen LogP contribution in [0.25, 0.3) is 0 Å². The molecule has 2 fully saturated rings. The number of rotatable bonds is 4. The van der Waals surface area contributed by atoms with Crippen molar-refractivity contribution >= 4 is 11.8 Å². The van der Waals surface area contributed by atoms with Crippen LogP contribution in [-0.2, 0) is 9.59 Å². The molecular weight excluding hydrogens is 344 g/mol. The molecule has 146 valence electrons. The predicted octanol–water partition coefficient (Wildman–Crippen LogP) is 0.567. The largest absolute Gasteiger partial charge is 0.353 e. The summed E-state index contributed by atoms with van der Waals surface area (Å²) in [5.41, 5.74) is 0.752. The van der Waals surface area contributed by atoms with E-state index in [4.69, 9.17) is 0 Å². The summed E-state index contributed by atoms with van der Waals surface area (Å²) in [6.07, 6.45) is 3.30. The smallest absolute Gasteiger partial charge is 0.251 e. The van der Waals surface area contributed by atoms with Crippen LogP contribution in [0.5, 0.6) is 0 Å². The topological polar surface area (TPSA) is 74.7 Å². The number of nitrogens with one attached hydrogen (secondary N) is 1. The van der Waals surface area contributed by atoms with E-state index in [0.717, 1.165) is 31.7 Å². The van der Waals surface area contributed by atoms with Gasteiger partial charge in [-0.05, 0) is 38.4 Å². The first kappa shape index (κ1) is 18.2. The molecule has 4 heterocycles. The van der Waals surface area contributed by atoms with E-state index >= 15 is 0 Å². The van der Waals surface area contributed by atoms with Crippen LogP contribution in [0.15, 0.2) is 23.0 Å². The molecule has 2 bridgehead atoms. The Hall–Kier alpha value is -2.15. The van der Waals surface area contributed by atoms with E-state index < -0.39 is 6.04 Å². The second kappa shape index (κ2) is 7.46. The van der Waals surface area contributed by atoms with Crippen molar-refractivity contribution in [1.29, 1.82) is 0 Å². The van der Waals surface area contributed by atoms with E-state index in [1.54, 1.807) is 17.6 Å². The highest BCUT2D eigenvalue weighted by molar-refractivity contribution is 5.81. The number of amides is 2. The van der Waals surface area contributed by atoms with Crippen LogP contribution in [0.1, 0.15) is 43.8 Å². The van der Waals surface area contributed by atoms with E-state index in [9.17, 15) is 14.4 Å². The highest BCUT2D eigenvalue weighted by atomic mass is 16.2. The number of carbonyl (C=O) groups is 2. The summed E-state index contributed by atoms with van der Waals surface area (Å²) in [7, 11) is 0. The zero-order valence-corrected chi connectivity index (χ0v) is 15.9. The number of likely N-dealkylation sites (tertiary alicyclic amines) is 2. The van der Waals surface area contributed by atoms with Crippen LogP contribution in [0.3, 0.4) is 0 Å². The molecule has 1 N–H and O–H groups in total. The Morgan fingerprint density at radius 3 is 2.70 bits per heavy atom. The van der Waals surface area contributed by atoms with Gasteiger partial charge in [0.1, 0.15) is 6.04 Å². The number of nitrogens with zero attached hydrogens (tertiary/aromatic N) is 3. The summed E-state index contributed by atoms with van der Waals surface area (Å²) < 4.78 is 1.68. The maximum Gasteiger partial charge on any atom is 0.251 e. The fourth-order valence-electron chi connectivity index (χ4n) is 4.98. The van der Waals surface area contributed by atoms with Gasteiger partial charge in [0.05, 0.1) is 0 Å². The van der Waals surface area contributed by atoms with Crippen molar-refractivity contribution in [2.24, 2.45) is 5.92 Å². The first-order valence-electron chi connectivity index (χ1n) is 10.0. The van der Waals surface area contributed by atoms with Gasteiger partial charge in [0.25, 0.3) is 5.56 Å². The van der Waals surface area contributed by atoms with Gasteiger partial charge >= 0.3 is 0 Å². The molecule has 0 aliphatic carbocycles. The lowest BCUT2D eigenvalue weighted by atomic mass is 9.78. The highest BCUT2D eigenvalue weighted by Gasteiger charge is 2.44. The van der Waals surface area contributed by atoms with E-state index in [0.29, 0.717) is 19.6 Å². The molecule has 2 saturated heterocycles. The molecule has 1 aromatic rings. The summed E-state index contributed by atoms with van der Waals surface area (Å²) in [6.45, 7) is 6.37. The van der Waals surface area contributed by atoms with Gasteiger partial charge in [0, 0.05) is 56.7 Å². The fraction of sp³-hybridized carbons (Fsp3) is 0.650. The fourth-order valence-corrected chi connectivity index (χ4v) is 4.98. The first-order valence-corrected chi connectivity index (χ1v) is 10.0. The molecule has 7 nitrogen and oxygen atoms in total. The summed E-state index contributed by atoms with van der Waals surface area (Å²) in [5.74, 6) is 0.0319. The third-order valence-electron chi connectivity index (χ3n) is 6.29. The van der Waals surface area contributed by atoms with Crippen LogP contribution >= 0.6 is 0 Å². The lowest BCUT2D eigenvalue weighted by Gasteiger charge is -2.46. The summed E-state index contributed by atoms with van der Waals surface area (Å²) in [5, 5.41) is 3.05. The first-order chi connectivity index (χ1) is 13.0. The SMILES string of the molecule is CC(=O)N1C[C@H]2C[C@@H](C1)[C@H](C(=O)NCCN1CCCC1)n1c2cccc1=O. The molecule has 27 heavy (non-hydrogen) atoms. The summed E-state index contributed by atoms with van der Waals surface area (Å²) in [6, 6.07) is 4.67. The Morgan fingerprint density at radius 2 is 1.96 bits per heavy atom. The number of pyridine rings is 1. The van der Waals surface area contributed by atoms with Crippen LogP contribution in [0.4, 0.5) is 0 Å². The van der Waals surface area contributed by atoms with Gasteiger partial charge in [-0.25, -0.2) is 0 Å². The van der Waals surface area contributed by atoms with Crippen molar-refractivity contribution in [1.82, 2.24) is 19.7 Å². The third-order valence-corrected chi connectivity index (χ3v) is 6.29. The van der Waals surface area contributed by atoms with Gasteiger partial charge in [-0.1, -0.05) is 6.07 Å². The Kier molecular flexibility index (Phi) is 5.04. The maximum atomic E-state index is 13.1. The molecule has 3 atom stereocenters. The Labute approximate surface area is 159 Å². The normalized spacial score (nSPS) is 27.3. The van der Waals surface area contributed by atoms with Gasteiger partial charge < -0.3 is 15.1 Å². The minimum Gasteiger partial charge on any atom is -0.353 e. The summed E-state index contributed by atoms with van der Waals surface area (Å²) in [4.78, 5) is 41.8. The van der Waals surface area contributed by atoms with Gasteiger partial charge in [-0.15, -0.1) is 0 Å². The maximum absolute atomic E-state index is 13.1. The van der Waals surface area contributed by atoms with E-state index in [1.807, 2.05) is 11.0 Å². The number of piperidine rings is 1. The molecule has 3 aliphatic rings. The van der Waals surface area contributed by atoms with Gasteiger partial charge in [0.2, 0.25) is 11.8 Å². The quantitative estimate of drug-likeness (QED) is 0.838. The zero-order chi connectivity index (χ0) is 19.0. The molecular formula is C20H28N4O3. The predicted molar refractivity (Wildman–Crippen MR) is 102 cm³/mol. The number of hydrogen-bond acceptors (Lipinski definition) is 4. The van der Waals surface area contributed by atoms with Crippen molar-refractivity contribution in [2.75, 3.05) is 39.3 Å². The Balaban J connectivity index is 1.56. The number of fused-ring (bicyclic) bond motifs is 4. The van der Waals surface area contributed by atoms with E-state index in [-0.39, 0.29) is 29.2 Å². The summed E-state index contributed by atoms with van der Waals surface area (Å²) >= 11 is 0. The second-order valence-corrected chi connectivity index (χ2v) is 8.06. The van der Waals surface area contributed by atoms with E-state index in [1.165, 1.54) is 18.9 Å². The molecule has 0 spiro atoms. The minimum absolute atomic E-state index is 0.0213. The highest BCUT2D eigenvalue weighted by Crippen LogP contribution is 2.41. The standard InChI is InChI=1S/C20H28N4O3/c1-14(25)23-12-15-11-16(13-23)19(24-17(15)5-4-6-18(24)26)20(27)21-7-10-22-8-2-3-9-22/h4-6,15-16,19H,2-3,7-13H2,1H3,(H,21,27)/t15-,16+,19-/m1/s1. The van der Waals surface area contributed by atoms with Crippen LogP contribution in [0, 0.1) is 5.92 Å². The molecule has 2 amide bonds. The molecule has 0 saturated carbocycles. The van der Waals surface area contributed by atoms with Crippen molar-refractivity contribution < 1.29 is 9.59 Å². The van der Waals surface area contributed by atoms with Crippen molar-refractivity contribution in [3.63, 3.8) is 0 Å². The van der Waals surface area contributed by atoms with Crippen LogP contribution < -0.4 is 10.9 Å². The second-order valence-electron chi connectivity index (χ2n) is 8.06. The number of carbonyl (C=O) groups excluding carboxylic acids is 2. The molecule has 0 unspecified atom stereocenters. The molecule has 7 heteroatoms. The van der Waals surface area contributed by atoms with Crippen molar-refractivity contribution in [3.8, 4) is 0 Å². The number of hydrogen-bond donors (Lipinski definition) is 1. The Morgan fingerprint density at radius 1 is 1.19 bits per heavy atom. The van der Waals surface area contributed by atoms with Crippen LogP contribution in [0.2, 0.25) is 0 Å². The molecule has 0 radical (unpaired) electrons. The van der Waals surface area contributed by atoms with Gasteiger partial charge in [-0.2, -0.15) is 0 Å². The van der Waals surface area contributed by atoms with Gasteiger partial charge in [0.15, 0.2) is 0 Å². The molecule has 3 aliphatic heterocycles. The zero-order valence-electron chi connectivity index (χ0n) is 15.9. The molecule has 0 aromatic carbocycles. The number of aromatic nitrogens is 1.